The number of hydrogen-bond acceptors (Lipinski definition) is 5. The number of rotatable bonds is 6. The largest absolute Gasteiger partial charge is 0.475 e. The van der Waals surface area contributed by atoms with Gasteiger partial charge in [0.25, 0.3) is 0 Å². The summed E-state index contributed by atoms with van der Waals surface area (Å²) in [5, 5.41) is 9.11. The van der Waals surface area contributed by atoms with Gasteiger partial charge in [-0.2, -0.15) is 0 Å². The average Bonchev–Trinajstić information content (AvgIpc) is 2.88. The zero-order chi connectivity index (χ0) is 15.5. The van der Waals surface area contributed by atoms with E-state index in [4.69, 9.17) is 9.52 Å². The zero-order valence-electron chi connectivity index (χ0n) is 10.7. The second-order valence-electron chi connectivity index (χ2n) is 4.05. The first-order valence-corrected chi connectivity index (χ1v) is 9.26. The van der Waals surface area contributed by atoms with Crippen LogP contribution in [-0.4, -0.2) is 31.0 Å². The zero-order valence-corrected chi connectivity index (χ0v) is 13.9. The second kappa shape index (κ2) is 6.67. The summed E-state index contributed by atoms with van der Waals surface area (Å²) in [4.78, 5) is 10.9. The number of carboxylic acids is 1. The molecule has 2 rings (SSSR count). The number of halogens is 1. The quantitative estimate of drug-likeness (QED) is 0.761. The molecule has 0 bridgehead atoms. The topological polar surface area (TPSA) is 84.6 Å². The van der Waals surface area contributed by atoms with Crippen molar-refractivity contribution in [3.8, 4) is 0 Å². The first-order valence-electron chi connectivity index (χ1n) is 5.83. The lowest BCUT2D eigenvalue weighted by Crippen LogP contribution is -2.08. The lowest BCUT2D eigenvalue weighted by Gasteiger charge is -2.03. The van der Waals surface area contributed by atoms with E-state index in [-0.39, 0.29) is 22.2 Å². The van der Waals surface area contributed by atoms with Gasteiger partial charge in [-0.05, 0) is 36.4 Å². The Hall–Kier alpha value is -1.25. The van der Waals surface area contributed by atoms with Crippen LogP contribution in [0.2, 0.25) is 0 Å². The van der Waals surface area contributed by atoms with E-state index < -0.39 is 15.8 Å². The highest BCUT2D eigenvalue weighted by Gasteiger charge is 2.15. The average molecular weight is 391 g/mol. The van der Waals surface area contributed by atoms with Gasteiger partial charge in [0.05, 0.1) is 10.6 Å². The van der Waals surface area contributed by atoms with Gasteiger partial charge in [-0.15, -0.1) is 0 Å². The Bertz CT molecular complexity index is 734. The maximum Gasteiger partial charge on any atom is 0.371 e. The van der Waals surface area contributed by atoms with Crippen molar-refractivity contribution in [2.24, 2.45) is 0 Å². The van der Waals surface area contributed by atoms with Crippen LogP contribution in [0.3, 0.4) is 0 Å². The third-order valence-electron chi connectivity index (χ3n) is 2.56. The Kier molecular flexibility index (Phi) is 5.13. The smallest absolute Gasteiger partial charge is 0.371 e. The first kappa shape index (κ1) is 16.1. The number of carboxylic acid groups (broad SMARTS) is 1. The van der Waals surface area contributed by atoms with E-state index in [2.05, 4.69) is 15.9 Å². The molecule has 1 N–H and O–H groups in total. The van der Waals surface area contributed by atoms with E-state index in [0.29, 0.717) is 5.09 Å². The van der Waals surface area contributed by atoms with Gasteiger partial charge in [0.1, 0.15) is 0 Å². The Labute approximate surface area is 134 Å². The number of benzene rings is 1. The van der Waals surface area contributed by atoms with Crippen LogP contribution in [-0.2, 0) is 9.84 Å². The molecular weight excluding hydrogens is 380 g/mol. The van der Waals surface area contributed by atoms with Crippen LogP contribution in [0.25, 0.3) is 0 Å². The Morgan fingerprint density at radius 2 is 1.86 bits per heavy atom. The van der Waals surface area contributed by atoms with E-state index in [9.17, 15) is 13.2 Å². The SMILES string of the molecule is O=C(O)c1ccc(SCCS(=O)(=O)c2ccc(Br)cc2)o1. The summed E-state index contributed by atoms with van der Waals surface area (Å²) in [6.45, 7) is 0. The predicted octanol–water partition coefficient (Wildman–Crippen LogP) is 3.31. The Morgan fingerprint density at radius 1 is 1.19 bits per heavy atom. The van der Waals surface area contributed by atoms with E-state index >= 15 is 0 Å². The van der Waals surface area contributed by atoms with Crippen LogP contribution in [0.15, 0.2) is 55.3 Å². The fourth-order valence-corrected chi connectivity index (χ4v) is 4.30. The third kappa shape index (κ3) is 4.36. The molecule has 1 aromatic carbocycles. The van der Waals surface area contributed by atoms with Gasteiger partial charge < -0.3 is 9.52 Å². The van der Waals surface area contributed by atoms with Gasteiger partial charge in [0.15, 0.2) is 14.9 Å². The number of furan rings is 1. The molecule has 0 amide bonds. The minimum absolute atomic E-state index is 0.0532. The molecule has 1 aromatic heterocycles. The van der Waals surface area contributed by atoms with Crippen molar-refractivity contribution in [3.05, 3.63) is 46.6 Å². The molecule has 21 heavy (non-hydrogen) atoms. The van der Waals surface area contributed by atoms with Crippen LogP contribution in [0.4, 0.5) is 0 Å². The lowest BCUT2D eigenvalue weighted by molar-refractivity contribution is 0.0656. The highest BCUT2D eigenvalue weighted by Crippen LogP contribution is 2.23. The normalized spacial score (nSPS) is 11.5. The minimum atomic E-state index is -3.36. The summed E-state index contributed by atoms with van der Waals surface area (Å²) in [5.74, 6) is -1.08. The van der Waals surface area contributed by atoms with Crippen molar-refractivity contribution >= 4 is 43.5 Å². The Balaban J connectivity index is 1.95. The van der Waals surface area contributed by atoms with Gasteiger partial charge in [-0.3, -0.25) is 0 Å². The molecule has 0 saturated heterocycles. The summed E-state index contributed by atoms with van der Waals surface area (Å²) >= 11 is 4.42. The van der Waals surface area contributed by atoms with Crippen LogP contribution < -0.4 is 0 Å². The monoisotopic (exact) mass is 390 g/mol. The highest BCUT2D eigenvalue weighted by molar-refractivity contribution is 9.10. The van der Waals surface area contributed by atoms with E-state index in [1.54, 1.807) is 24.3 Å². The molecular formula is C13H11BrO5S2. The first-order chi connectivity index (χ1) is 9.88. The molecule has 0 saturated carbocycles. The summed E-state index contributed by atoms with van der Waals surface area (Å²) in [5.41, 5.74) is 0. The molecule has 0 unspecified atom stereocenters. The molecule has 0 radical (unpaired) electrons. The molecule has 2 aromatic rings. The summed E-state index contributed by atoms with van der Waals surface area (Å²) in [6, 6.07) is 9.28. The highest BCUT2D eigenvalue weighted by atomic mass is 79.9. The van der Waals surface area contributed by atoms with Crippen molar-refractivity contribution in [2.45, 2.75) is 9.99 Å². The molecule has 1 heterocycles. The number of thioether (sulfide) groups is 1. The number of carbonyl (C=O) groups is 1. The van der Waals surface area contributed by atoms with E-state index in [0.717, 1.165) is 16.2 Å². The van der Waals surface area contributed by atoms with Gasteiger partial charge in [-0.25, -0.2) is 13.2 Å². The van der Waals surface area contributed by atoms with Gasteiger partial charge in [0, 0.05) is 10.2 Å². The Morgan fingerprint density at radius 3 is 2.43 bits per heavy atom. The van der Waals surface area contributed by atoms with Crippen molar-refractivity contribution in [2.75, 3.05) is 11.5 Å². The molecule has 0 aliphatic rings. The van der Waals surface area contributed by atoms with E-state index in [1.807, 2.05) is 0 Å². The van der Waals surface area contributed by atoms with Crippen molar-refractivity contribution in [1.82, 2.24) is 0 Å². The maximum atomic E-state index is 12.1. The fraction of sp³-hybridized carbons (Fsp3) is 0.154. The van der Waals surface area contributed by atoms with Crippen molar-refractivity contribution in [1.29, 1.82) is 0 Å². The minimum Gasteiger partial charge on any atom is -0.475 e. The summed E-state index contributed by atoms with van der Waals surface area (Å²) < 4.78 is 30.0. The number of sulfone groups is 1. The van der Waals surface area contributed by atoms with Gasteiger partial charge >= 0.3 is 5.97 Å². The number of aromatic carboxylic acids is 1. The van der Waals surface area contributed by atoms with Crippen LogP contribution in [0.1, 0.15) is 10.6 Å². The van der Waals surface area contributed by atoms with Crippen molar-refractivity contribution in [3.63, 3.8) is 0 Å². The molecule has 8 heteroatoms. The third-order valence-corrected chi connectivity index (χ3v) is 5.99. The molecule has 0 spiro atoms. The van der Waals surface area contributed by atoms with Gasteiger partial charge in [-0.1, -0.05) is 27.7 Å². The molecule has 0 aliphatic heterocycles. The van der Waals surface area contributed by atoms with Gasteiger partial charge in [0.2, 0.25) is 5.76 Å². The summed E-state index contributed by atoms with van der Waals surface area (Å²) in [7, 11) is -3.36. The molecule has 0 fully saturated rings. The summed E-state index contributed by atoms with van der Waals surface area (Å²) in [6.07, 6.45) is 0. The predicted molar refractivity (Wildman–Crippen MR) is 82.6 cm³/mol. The standard InChI is InChI=1S/C13H11BrO5S2/c14-9-1-3-10(4-2-9)21(17,18)8-7-20-12-6-5-11(19-12)13(15)16/h1-6H,7-8H2,(H,15,16). The second-order valence-corrected chi connectivity index (χ2v) is 8.17. The molecule has 0 atom stereocenters. The van der Waals surface area contributed by atoms with E-state index in [1.165, 1.54) is 12.1 Å². The van der Waals surface area contributed by atoms with Crippen LogP contribution in [0, 0.1) is 0 Å². The maximum absolute atomic E-state index is 12.1. The van der Waals surface area contributed by atoms with Crippen LogP contribution >= 0.6 is 27.7 Å². The molecule has 0 aliphatic carbocycles. The lowest BCUT2D eigenvalue weighted by atomic mass is 10.4. The van der Waals surface area contributed by atoms with Crippen molar-refractivity contribution < 1.29 is 22.7 Å². The molecule has 112 valence electrons. The fourth-order valence-electron chi connectivity index (χ4n) is 1.52. The number of hydrogen-bond donors (Lipinski definition) is 1. The van der Waals surface area contributed by atoms with Crippen LogP contribution in [0.5, 0.6) is 0 Å². The molecule has 5 nitrogen and oxygen atoms in total.